The summed E-state index contributed by atoms with van der Waals surface area (Å²) in [7, 11) is 0. The molecule has 0 aromatic rings. The van der Waals surface area contributed by atoms with Gasteiger partial charge < -0.3 is 20.1 Å². The Bertz CT molecular complexity index is 738. The molecule has 34 heavy (non-hydrogen) atoms. The molecule has 12 unspecified atom stereocenters. The van der Waals surface area contributed by atoms with Gasteiger partial charge in [-0.1, -0.05) is 34.6 Å². The van der Waals surface area contributed by atoms with Crippen LogP contribution in [0.25, 0.3) is 0 Å². The molecule has 4 fully saturated rings. The van der Waals surface area contributed by atoms with Crippen LogP contribution in [-0.2, 0) is 9.53 Å². The first-order valence-corrected chi connectivity index (χ1v) is 14.1. The van der Waals surface area contributed by atoms with Crippen LogP contribution < -0.4 is 0 Å². The normalized spacial score (nSPS) is 47.9. The standard InChI is InChI=1S/C29H50O5/c1-16(2)18(4)34-26(33)10-7-17(3)21-8-9-22-27-23(15-25(32)29(21,22)6)28(5)12-11-20(30)13-19(28)14-24(27)31/h16-25,27,30-32H,7-15H2,1-6H3. The van der Waals surface area contributed by atoms with E-state index in [2.05, 4.69) is 34.6 Å². The van der Waals surface area contributed by atoms with Gasteiger partial charge in [-0.3, -0.25) is 4.79 Å². The van der Waals surface area contributed by atoms with Crippen LogP contribution in [0.2, 0.25) is 0 Å². The van der Waals surface area contributed by atoms with E-state index in [9.17, 15) is 20.1 Å². The van der Waals surface area contributed by atoms with E-state index in [1.54, 1.807) is 0 Å². The third-order valence-corrected chi connectivity index (χ3v) is 11.6. The SMILES string of the molecule is CC(C)C(C)OC(=O)CCC(C)C1CCC2C3C(O)CC4CC(O)CCC4(C)C3CC(O)C12C. The van der Waals surface area contributed by atoms with Crippen LogP contribution in [0.5, 0.6) is 0 Å². The van der Waals surface area contributed by atoms with Crippen molar-refractivity contribution in [2.45, 2.75) is 124 Å². The third-order valence-electron chi connectivity index (χ3n) is 11.6. The quantitative estimate of drug-likeness (QED) is 0.470. The van der Waals surface area contributed by atoms with Gasteiger partial charge in [0, 0.05) is 6.42 Å². The zero-order valence-electron chi connectivity index (χ0n) is 22.4. The molecule has 5 heteroatoms. The van der Waals surface area contributed by atoms with Crippen LogP contribution in [0.3, 0.4) is 0 Å². The molecule has 0 radical (unpaired) electrons. The molecule has 0 aliphatic heterocycles. The van der Waals surface area contributed by atoms with E-state index in [1.165, 1.54) is 0 Å². The third kappa shape index (κ3) is 4.36. The average molecular weight is 479 g/mol. The predicted octanol–water partition coefficient (Wildman–Crippen LogP) is 4.95. The molecule has 4 aliphatic carbocycles. The van der Waals surface area contributed by atoms with Crippen molar-refractivity contribution < 1.29 is 24.9 Å². The van der Waals surface area contributed by atoms with Gasteiger partial charge in [0.05, 0.1) is 18.3 Å². The Kier molecular flexibility index (Phi) is 7.51. The minimum atomic E-state index is -0.378. The summed E-state index contributed by atoms with van der Waals surface area (Å²) in [4.78, 5) is 12.4. The number of aliphatic hydroxyl groups excluding tert-OH is 3. The molecular weight excluding hydrogens is 428 g/mol. The van der Waals surface area contributed by atoms with E-state index in [4.69, 9.17) is 4.74 Å². The molecule has 0 bridgehead atoms. The molecule has 4 rings (SSSR count). The maximum atomic E-state index is 12.4. The van der Waals surface area contributed by atoms with Gasteiger partial charge in [0.25, 0.3) is 0 Å². The van der Waals surface area contributed by atoms with Crippen molar-refractivity contribution in [1.82, 2.24) is 0 Å². The highest BCUT2D eigenvalue weighted by molar-refractivity contribution is 5.69. The predicted molar refractivity (Wildman–Crippen MR) is 133 cm³/mol. The van der Waals surface area contributed by atoms with Gasteiger partial charge in [0.2, 0.25) is 0 Å². The van der Waals surface area contributed by atoms with Gasteiger partial charge in [-0.05, 0) is 111 Å². The second kappa shape index (κ2) is 9.67. The van der Waals surface area contributed by atoms with E-state index in [0.717, 1.165) is 51.4 Å². The topological polar surface area (TPSA) is 87.0 Å². The van der Waals surface area contributed by atoms with Crippen molar-refractivity contribution in [3.8, 4) is 0 Å². The number of hydrogen-bond acceptors (Lipinski definition) is 5. The maximum Gasteiger partial charge on any atom is 0.306 e. The fourth-order valence-corrected chi connectivity index (χ4v) is 9.08. The minimum absolute atomic E-state index is 0.0628. The zero-order valence-corrected chi connectivity index (χ0v) is 22.4. The summed E-state index contributed by atoms with van der Waals surface area (Å²) in [6.07, 6.45) is 6.49. The largest absolute Gasteiger partial charge is 0.462 e. The number of fused-ring (bicyclic) bond motifs is 5. The van der Waals surface area contributed by atoms with Crippen molar-refractivity contribution in [2.75, 3.05) is 0 Å². The molecule has 5 nitrogen and oxygen atoms in total. The molecule has 0 aromatic heterocycles. The maximum absolute atomic E-state index is 12.4. The summed E-state index contributed by atoms with van der Waals surface area (Å²) in [6, 6.07) is 0. The van der Waals surface area contributed by atoms with Crippen LogP contribution in [0.4, 0.5) is 0 Å². The Labute approximate surface area is 207 Å². The monoisotopic (exact) mass is 478 g/mol. The zero-order chi connectivity index (χ0) is 25.0. The number of ether oxygens (including phenoxy) is 1. The molecule has 0 saturated heterocycles. The second-order valence-electron chi connectivity index (χ2n) is 13.5. The van der Waals surface area contributed by atoms with E-state index in [-0.39, 0.29) is 47.1 Å². The molecule has 196 valence electrons. The Morgan fingerprint density at radius 1 is 0.971 bits per heavy atom. The second-order valence-corrected chi connectivity index (χ2v) is 13.5. The number of rotatable bonds is 6. The Morgan fingerprint density at radius 3 is 2.35 bits per heavy atom. The lowest BCUT2D eigenvalue weighted by Crippen LogP contribution is -2.62. The fourth-order valence-electron chi connectivity index (χ4n) is 9.08. The number of carbonyl (C=O) groups is 1. The van der Waals surface area contributed by atoms with Crippen LogP contribution in [-0.4, -0.2) is 45.7 Å². The smallest absolute Gasteiger partial charge is 0.306 e. The number of hydrogen-bond donors (Lipinski definition) is 3. The first-order chi connectivity index (χ1) is 15.9. The van der Waals surface area contributed by atoms with Crippen LogP contribution in [0.1, 0.15) is 99.3 Å². The summed E-state index contributed by atoms with van der Waals surface area (Å²) in [6.45, 7) is 13.0. The molecule has 4 saturated carbocycles. The Hall–Kier alpha value is -0.650. The van der Waals surface area contributed by atoms with E-state index in [0.29, 0.717) is 41.9 Å². The molecule has 0 spiro atoms. The molecule has 12 atom stereocenters. The van der Waals surface area contributed by atoms with Crippen LogP contribution in [0.15, 0.2) is 0 Å². The summed E-state index contributed by atoms with van der Waals surface area (Å²) < 4.78 is 5.59. The van der Waals surface area contributed by atoms with Gasteiger partial charge in [-0.15, -0.1) is 0 Å². The molecule has 0 aromatic carbocycles. The number of aliphatic hydroxyl groups is 3. The first-order valence-electron chi connectivity index (χ1n) is 14.1. The van der Waals surface area contributed by atoms with E-state index in [1.807, 2.05) is 6.92 Å². The van der Waals surface area contributed by atoms with E-state index < -0.39 is 0 Å². The number of esters is 1. The van der Waals surface area contributed by atoms with Gasteiger partial charge >= 0.3 is 5.97 Å². The van der Waals surface area contributed by atoms with Crippen molar-refractivity contribution in [1.29, 1.82) is 0 Å². The van der Waals surface area contributed by atoms with Crippen molar-refractivity contribution in [3.05, 3.63) is 0 Å². The fraction of sp³-hybridized carbons (Fsp3) is 0.966. The first kappa shape index (κ1) is 26.4. The highest BCUT2D eigenvalue weighted by Gasteiger charge is 2.65. The Balaban J connectivity index is 1.47. The lowest BCUT2D eigenvalue weighted by molar-refractivity contribution is -0.207. The van der Waals surface area contributed by atoms with E-state index >= 15 is 0 Å². The lowest BCUT2D eigenvalue weighted by Gasteiger charge is -2.63. The number of carbonyl (C=O) groups excluding carboxylic acids is 1. The molecule has 3 N–H and O–H groups in total. The molecular formula is C29H50O5. The van der Waals surface area contributed by atoms with Crippen molar-refractivity contribution in [3.63, 3.8) is 0 Å². The summed E-state index contributed by atoms with van der Waals surface area (Å²) in [5.74, 6) is 2.12. The molecule has 0 amide bonds. The highest BCUT2D eigenvalue weighted by Crippen LogP contribution is 2.68. The molecule has 0 heterocycles. The highest BCUT2D eigenvalue weighted by atomic mass is 16.5. The van der Waals surface area contributed by atoms with Gasteiger partial charge in [-0.2, -0.15) is 0 Å². The van der Waals surface area contributed by atoms with Crippen molar-refractivity contribution in [2.24, 2.45) is 52.3 Å². The van der Waals surface area contributed by atoms with Gasteiger partial charge in [0.1, 0.15) is 6.10 Å². The Morgan fingerprint density at radius 2 is 1.68 bits per heavy atom. The minimum Gasteiger partial charge on any atom is -0.462 e. The summed E-state index contributed by atoms with van der Waals surface area (Å²) in [5, 5.41) is 33.4. The molecule has 4 aliphatic rings. The van der Waals surface area contributed by atoms with Crippen molar-refractivity contribution >= 4 is 5.97 Å². The summed E-state index contributed by atoms with van der Waals surface area (Å²) in [5.41, 5.74) is -0.111. The van der Waals surface area contributed by atoms with Gasteiger partial charge in [0.15, 0.2) is 0 Å². The summed E-state index contributed by atoms with van der Waals surface area (Å²) >= 11 is 0. The van der Waals surface area contributed by atoms with Crippen LogP contribution >= 0.6 is 0 Å². The lowest BCUT2D eigenvalue weighted by atomic mass is 9.43. The van der Waals surface area contributed by atoms with Gasteiger partial charge in [-0.25, -0.2) is 0 Å². The average Bonchev–Trinajstić information content (AvgIpc) is 3.12. The van der Waals surface area contributed by atoms with Crippen LogP contribution in [0, 0.1) is 52.3 Å².